The van der Waals surface area contributed by atoms with E-state index < -0.39 is 18.2 Å². The Morgan fingerprint density at radius 3 is 2.72 bits per heavy atom. The minimum absolute atomic E-state index is 0.0535. The molecule has 1 rings (SSSR count). The van der Waals surface area contributed by atoms with Crippen LogP contribution in [0.1, 0.15) is 64.7 Å². The van der Waals surface area contributed by atoms with Gasteiger partial charge in [-0.1, -0.05) is 50.5 Å². The number of ketones is 1. The Kier molecular flexibility index (Phi) is 10.3. The molecule has 1 fully saturated rings. The minimum atomic E-state index is -0.801. The molecule has 0 aromatic heterocycles. The maximum Gasteiger partial charge on any atom is 0.303 e. The molecule has 0 heterocycles. The number of carboxylic acid groups (broad SMARTS) is 1. The lowest BCUT2D eigenvalue weighted by Gasteiger charge is -2.16. The Hall–Kier alpha value is -1.46. The molecule has 142 valence electrons. The number of Topliss-reactive ketones (excluding diaryl/α,β-unsaturated/α-hetero) is 1. The van der Waals surface area contributed by atoms with E-state index in [0.717, 1.165) is 19.3 Å². The van der Waals surface area contributed by atoms with Gasteiger partial charge in [-0.25, -0.2) is 0 Å². The molecule has 0 amide bonds. The van der Waals surface area contributed by atoms with Crippen molar-refractivity contribution >= 4 is 11.8 Å². The van der Waals surface area contributed by atoms with Crippen molar-refractivity contribution in [3.63, 3.8) is 0 Å². The van der Waals surface area contributed by atoms with Gasteiger partial charge in [-0.15, -0.1) is 0 Å². The van der Waals surface area contributed by atoms with Crippen LogP contribution >= 0.6 is 0 Å². The van der Waals surface area contributed by atoms with Crippen molar-refractivity contribution in [3.8, 4) is 0 Å². The van der Waals surface area contributed by atoms with Gasteiger partial charge in [0.25, 0.3) is 0 Å². The van der Waals surface area contributed by atoms with Gasteiger partial charge in [0, 0.05) is 24.7 Å². The van der Waals surface area contributed by atoms with E-state index in [1.807, 2.05) is 12.2 Å². The molecule has 0 saturated heterocycles. The summed E-state index contributed by atoms with van der Waals surface area (Å²) in [6, 6.07) is 0. The minimum Gasteiger partial charge on any atom is -0.481 e. The molecule has 25 heavy (non-hydrogen) atoms. The lowest BCUT2D eigenvalue weighted by Crippen LogP contribution is -2.18. The Labute approximate surface area is 150 Å². The molecular formula is C20H32O5. The van der Waals surface area contributed by atoms with Gasteiger partial charge in [0.15, 0.2) is 0 Å². The lowest BCUT2D eigenvalue weighted by molar-refractivity contribution is -0.137. The smallest absolute Gasteiger partial charge is 0.303 e. The van der Waals surface area contributed by atoms with Crippen LogP contribution in [0.2, 0.25) is 0 Å². The van der Waals surface area contributed by atoms with Gasteiger partial charge in [0.2, 0.25) is 0 Å². The number of hydrogen-bond acceptors (Lipinski definition) is 4. The third-order valence-electron chi connectivity index (χ3n) is 4.71. The molecule has 0 spiro atoms. The highest BCUT2D eigenvalue weighted by molar-refractivity contribution is 5.84. The van der Waals surface area contributed by atoms with Crippen molar-refractivity contribution < 1.29 is 24.9 Å². The van der Waals surface area contributed by atoms with Gasteiger partial charge >= 0.3 is 5.97 Å². The van der Waals surface area contributed by atoms with Crippen LogP contribution < -0.4 is 0 Å². The zero-order valence-electron chi connectivity index (χ0n) is 15.1. The molecule has 1 saturated carbocycles. The first kappa shape index (κ1) is 21.6. The van der Waals surface area contributed by atoms with Gasteiger partial charge in [0.1, 0.15) is 5.78 Å². The van der Waals surface area contributed by atoms with Gasteiger partial charge in [-0.2, -0.15) is 0 Å². The molecule has 4 atom stereocenters. The third kappa shape index (κ3) is 8.45. The summed E-state index contributed by atoms with van der Waals surface area (Å²) >= 11 is 0. The monoisotopic (exact) mass is 352 g/mol. The number of carbonyl (C=O) groups excluding carboxylic acids is 1. The number of hydrogen-bond donors (Lipinski definition) is 3. The summed E-state index contributed by atoms with van der Waals surface area (Å²) in [6.07, 6.45) is 12.1. The highest BCUT2D eigenvalue weighted by Gasteiger charge is 2.39. The average molecular weight is 352 g/mol. The molecule has 3 N–H and O–H groups in total. The van der Waals surface area contributed by atoms with Crippen LogP contribution in [0.3, 0.4) is 0 Å². The average Bonchev–Trinajstić information content (AvgIpc) is 2.82. The van der Waals surface area contributed by atoms with E-state index in [0.29, 0.717) is 25.7 Å². The summed E-state index contributed by atoms with van der Waals surface area (Å²) in [5, 5.41) is 28.7. The van der Waals surface area contributed by atoms with E-state index >= 15 is 0 Å². The molecule has 0 aliphatic heterocycles. The SMILES string of the molecule is CCCCC[C@@H](O)C=C[C@H]1C(O)CC(=O)[C@H]1CC=CCCCC(=O)O. The predicted molar refractivity (Wildman–Crippen MR) is 97.1 cm³/mol. The number of unbranched alkanes of at least 4 members (excludes halogenated alkanes) is 3. The highest BCUT2D eigenvalue weighted by atomic mass is 16.4. The molecule has 0 radical (unpaired) electrons. The molecular weight excluding hydrogens is 320 g/mol. The van der Waals surface area contributed by atoms with Gasteiger partial charge in [-0.05, 0) is 25.7 Å². The topological polar surface area (TPSA) is 94.8 Å². The van der Waals surface area contributed by atoms with Crippen molar-refractivity contribution in [2.75, 3.05) is 0 Å². The zero-order chi connectivity index (χ0) is 18.7. The first-order chi connectivity index (χ1) is 12.0. The maximum atomic E-state index is 12.1. The summed E-state index contributed by atoms with van der Waals surface area (Å²) in [5.41, 5.74) is 0. The molecule has 0 aromatic rings. The Balaban J connectivity index is 2.48. The highest BCUT2D eigenvalue weighted by Crippen LogP contribution is 2.33. The number of rotatable bonds is 12. The van der Waals surface area contributed by atoms with Crippen molar-refractivity contribution in [1.82, 2.24) is 0 Å². The van der Waals surface area contributed by atoms with E-state index in [4.69, 9.17) is 5.11 Å². The van der Waals surface area contributed by atoms with Crippen LogP contribution in [0, 0.1) is 11.8 Å². The standard InChI is InChI=1S/C20H32O5/c1-2-3-6-9-15(21)12-13-17-16(18(22)14-19(17)23)10-7-4-5-8-11-20(24)25/h4,7,12-13,15-17,19,21,23H,2-3,5-6,8-11,14H2,1H3,(H,24,25)/t15-,16+,17-,19?/m1/s1. The molecule has 5 heteroatoms. The number of allylic oxidation sites excluding steroid dienone is 2. The maximum absolute atomic E-state index is 12.1. The second-order valence-electron chi connectivity index (χ2n) is 6.86. The Morgan fingerprint density at radius 1 is 1.28 bits per heavy atom. The van der Waals surface area contributed by atoms with Gasteiger partial charge in [0.05, 0.1) is 12.2 Å². The molecule has 5 nitrogen and oxygen atoms in total. The van der Waals surface area contributed by atoms with Crippen molar-refractivity contribution in [1.29, 1.82) is 0 Å². The quantitative estimate of drug-likeness (QED) is 0.370. The molecule has 1 aliphatic rings. The predicted octanol–water partition coefficient (Wildman–Crippen LogP) is 3.25. The van der Waals surface area contributed by atoms with E-state index in [1.54, 1.807) is 12.2 Å². The van der Waals surface area contributed by atoms with Crippen molar-refractivity contribution in [3.05, 3.63) is 24.3 Å². The van der Waals surface area contributed by atoms with Crippen molar-refractivity contribution in [2.24, 2.45) is 11.8 Å². The van der Waals surface area contributed by atoms with Crippen LogP contribution in [-0.2, 0) is 9.59 Å². The van der Waals surface area contributed by atoms with Crippen LogP contribution in [0.4, 0.5) is 0 Å². The number of aliphatic hydroxyl groups is 2. The molecule has 0 bridgehead atoms. The molecule has 1 aliphatic carbocycles. The third-order valence-corrected chi connectivity index (χ3v) is 4.71. The summed E-state index contributed by atoms with van der Waals surface area (Å²) in [6.45, 7) is 2.11. The number of aliphatic hydroxyl groups excluding tert-OH is 2. The Bertz CT molecular complexity index is 469. The fourth-order valence-electron chi connectivity index (χ4n) is 3.22. The number of carboxylic acids is 1. The summed E-state index contributed by atoms with van der Waals surface area (Å²) in [5.74, 6) is -1.26. The summed E-state index contributed by atoms with van der Waals surface area (Å²) in [4.78, 5) is 22.5. The van der Waals surface area contributed by atoms with E-state index in [1.165, 1.54) is 0 Å². The Morgan fingerprint density at radius 2 is 2.04 bits per heavy atom. The van der Waals surface area contributed by atoms with E-state index in [2.05, 4.69) is 6.92 Å². The van der Waals surface area contributed by atoms with E-state index in [-0.39, 0.29) is 30.5 Å². The first-order valence-electron chi connectivity index (χ1n) is 9.39. The summed E-state index contributed by atoms with van der Waals surface area (Å²) in [7, 11) is 0. The number of carbonyl (C=O) groups is 2. The molecule has 1 unspecified atom stereocenters. The normalized spacial score (nSPS) is 25.2. The fourth-order valence-corrected chi connectivity index (χ4v) is 3.22. The van der Waals surface area contributed by atoms with Gasteiger partial charge < -0.3 is 15.3 Å². The largest absolute Gasteiger partial charge is 0.481 e. The molecule has 0 aromatic carbocycles. The lowest BCUT2D eigenvalue weighted by atomic mass is 9.90. The second-order valence-corrected chi connectivity index (χ2v) is 6.86. The van der Waals surface area contributed by atoms with Crippen LogP contribution in [-0.4, -0.2) is 39.3 Å². The van der Waals surface area contributed by atoms with Gasteiger partial charge in [-0.3, -0.25) is 9.59 Å². The van der Waals surface area contributed by atoms with E-state index in [9.17, 15) is 19.8 Å². The fraction of sp³-hybridized carbons (Fsp3) is 0.700. The van der Waals surface area contributed by atoms with Crippen molar-refractivity contribution in [2.45, 2.75) is 76.9 Å². The first-order valence-corrected chi connectivity index (χ1v) is 9.39. The van der Waals surface area contributed by atoms with Crippen LogP contribution in [0.25, 0.3) is 0 Å². The summed E-state index contributed by atoms with van der Waals surface area (Å²) < 4.78 is 0. The second kappa shape index (κ2) is 12.0. The number of aliphatic carboxylic acids is 1. The zero-order valence-corrected chi connectivity index (χ0v) is 15.1. The van der Waals surface area contributed by atoms with Crippen LogP contribution in [0.5, 0.6) is 0 Å². The van der Waals surface area contributed by atoms with Crippen LogP contribution in [0.15, 0.2) is 24.3 Å².